The van der Waals surface area contributed by atoms with Gasteiger partial charge in [0.1, 0.15) is 0 Å². The van der Waals surface area contributed by atoms with E-state index in [-0.39, 0.29) is 34.0 Å². The van der Waals surface area contributed by atoms with E-state index in [1.165, 1.54) is 9.13 Å². The molecule has 2 heterocycles. The van der Waals surface area contributed by atoms with Crippen molar-refractivity contribution in [3.8, 4) is 11.1 Å². The van der Waals surface area contributed by atoms with Crippen molar-refractivity contribution in [1.82, 2.24) is 0 Å². The molecule has 136 valence electrons. The van der Waals surface area contributed by atoms with Crippen molar-refractivity contribution in [3.05, 3.63) is 48.5 Å². The van der Waals surface area contributed by atoms with E-state index in [1.807, 2.05) is 31.2 Å². The van der Waals surface area contributed by atoms with Crippen LogP contribution in [0.4, 0.5) is 9.59 Å². The quantitative estimate of drug-likeness (QED) is 0.428. The smallest absolute Gasteiger partial charge is 0.602 e. The molecule has 6 nitrogen and oxygen atoms in total. The van der Waals surface area contributed by atoms with Crippen LogP contribution < -0.4 is 43.1 Å². The number of carbonyl (C=O) groups excluding carboxylic acids is 2. The molecule has 0 amide bonds. The van der Waals surface area contributed by atoms with Crippen LogP contribution in [0, 0.1) is 6.92 Å². The van der Waals surface area contributed by atoms with Gasteiger partial charge in [0, 0.05) is 31.2 Å². The lowest BCUT2D eigenvalue weighted by molar-refractivity contribution is -0.592. The van der Waals surface area contributed by atoms with E-state index < -0.39 is 12.2 Å². The van der Waals surface area contributed by atoms with Crippen LogP contribution in [0.25, 0.3) is 11.1 Å². The van der Waals surface area contributed by atoms with Crippen LogP contribution in [0.1, 0.15) is 19.5 Å². The van der Waals surface area contributed by atoms with Crippen LogP contribution in [0.5, 0.6) is 0 Å². The Kier molecular flexibility index (Phi) is 10.2. The van der Waals surface area contributed by atoms with Crippen LogP contribution in [0.3, 0.4) is 0 Å². The van der Waals surface area contributed by atoms with Crippen molar-refractivity contribution in [2.75, 3.05) is 13.2 Å². The summed E-state index contributed by atoms with van der Waals surface area (Å²) >= 11 is 0. The number of nitrogens with zero attached hydrogens (tertiary/aromatic N) is 2. The summed E-state index contributed by atoms with van der Waals surface area (Å²) < 4.78 is 12.7. The molecule has 8 heteroatoms. The van der Waals surface area contributed by atoms with Gasteiger partial charge in [-0.25, -0.2) is 0 Å². The van der Waals surface area contributed by atoms with Crippen molar-refractivity contribution in [3.63, 3.8) is 0 Å². The number of halogens is 2. The van der Waals surface area contributed by atoms with E-state index in [0.717, 1.165) is 16.8 Å². The van der Waals surface area contributed by atoms with E-state index in [2.05, 4.69) is 0 Å². The molecule has 25 heavy (non-hydrogen) atoms. The zero-order valence-corrected chi connectivity index (χ0v) is 17.4. The molecule has 0 aliphatic rings. The van der Waals surface area contributed by atoms with Gasteiger partial charge < -0.3 is 43.4 Å². The maximum Gasteiger partial charge on any atom is 0.602 e. The van der Waals surface area contributed by atoms with Crippen LogP contribution in [-0.4, -0.2) is 25.4 Å². The first-order valence-corrected chi connectivity index (χ1v) is 7.45. The third-order valence-electron chi connectivity index (χ3n) is 3.25. The molecule has 0 aromatic carbocycles. The summed E-state index contributed by atoms with van der Waals surface area (Å²) in [6, 6.07) is 7.36. The van der Waals surface area contributed by atoms with Crippen LogP contribution in [0.2, 0.25) is 0 Å². The number of hydrogen-bond acceptors (Lipinski definition) is 4. The van der Waals surface area contributed by atoms with Crippen molar-refractivity contribution in [2.24, 2.45) is 0 Å². The van der Waals surface area contributed by atoms with Gasteiger partial charge in [-0.3, -0.25) is 0 Å². The van der Waals surface area contributed by atoms with Gasteiger partial charge in [0.05, 0.1) is 13.2 Å². The lowest BCUT2D eigenvalue weighted by atomic mass is 10.1. The summed E-state index contributed by atoms with van der Waals surface area (Å²) in [7, 11) is 0. The van der Waals surface area contributed by atoms with Gasteiger partial charge in [-0.15, -0.1) is 0 Å². The van der Waals surface area contributed by atoms with Crippen molar-refractivity contribution >= 4 is 12.2 Å². The molecule has 2 rings (SSSR count). The first-order valence-electron chi connectivity index (χ1n) is 7.45. The average Bonchev–Trinajstić information content (AvgIpc) is 2.55. The molecule has 2 aromatic rings. The molecule has 0 saturated heterocycles. The topological polar surface area (TPSA) is 60.4 Å². The molecule has 0 fully saturated rings. The summed E-state index contributed by atoms with van der Waals surface area (Å²) in [6.07, 6.45) is 4.16. The predicted octanol–water partition coefficient (Wildman–Crippen LogP) is -3.75. The average molecular weight is 476 g/mol. The standard InChI is InChI=1S/C17H20N2O4.2BrH/c1-4-22-16(20)18-9-6-14(7-10-18)15-8-11-19(13(3)12-15)17(21)23-5-2;;/h6-12H,4-5H2,1-3H3;2*1H/q+2;;/p-2. The first kappa shape index (κ1) is 23.2. The third-order valence-corrected chi connectivity index (χ3v) is 3.25. The highest BCUT2D eigenvalue weighted by Gasteiger charge is 2.20. The first-order chi connectivity index (χ1) is 11.1. The monoisotopic (exact) mass is 474 g/mol. The number of ether oxygens (including phenoxy) is 2. The highest BCUT2D eigenvalue weighted by molar-refractivity contribution is 5.64. The number of pyridine rings is 2. The van der Waals surface area contributed by atoms with E-state index in [9.17, 15) is 9.59 Å². The second-order valence-corrected chi connectivity index (χ2v) is 4.82. The minimum Gasteiger partial charge on any atom is -1.00 e. The molecular formula is C17H20Br2N2O4. The van der Waals surface area contributed by atoms with Crippen molar-refractivity contribution in [1.29, 1.82) is 0 Å². The Morgan fingerprint density at radius 2 is 1.40 bits per heavy atom. The fraction of sp³-hybridized carbons (Fsp3) is 0.294. The zero-order valence-electron chi connectivity index (χ0n) is 14.2. The van der Waals surface area contributed by atoms with Gasteiger partial charge in [0.15, 0.2) is 24.3 Å². The highest BCUT2D eigenvalue weighted by Crippen LogP contribution is 2.17. The van der Waals surface area contributed by atoms with Gasteiger partial charge in [0.25, 0.3) is 0 Å². The van der Waals surface area contributed by atoms with E-state index >= 15 is 0 Å². The fourth-order valence-electron chi connectivity index (χ4n) is 2.13. The van der Waals surface area contributed by atoms with Gasteiger partial charge >= 0.3 is 12.2 Å². The van der Waals surface area contributed by atoms with Gasteiger partial charge in [0.2, 0.25) is 0 Å². The Morgan fingerprint density at radius 1 is 0.880 bits per heavy atom. The maximum absolute atomic E-state index is 11.8. The number of aromatic nitrogens is 2. The molecular weight excluding hydrogens is 456 g/mol. The summed E-state index contributed by atoms with van der Waals surface area (Å²) in [6.45, 7) is 6.03. The largest absolute Gasteiger partial charge is 1.00 e. The van der Waals surface area contributed by atoms with Gasteiger partial charge in [-0.05, 0) is 25.0 Å². The van der Waals surface area contributed by atoms with Crippen molar-refractivity contribution in [2.45, 2.75) is 20.8 Å². The Balaban J connectivity index is 0.00000288. The summed E-state index contributed by atoms with van der Waals surface area (Å²) in [4.78, 5) is 23.4. The van der Waals surface area contributed by atoms with E-state index in [1.54, 1.807) is 32.4 Å². The van der Waals surface area contributed by atoms with Crippen molar-refractivity contribution < 1.29 is 62.2 Å². The summed E-state index contributed by atoms with van der Waals surface area (Å²) in [5.74, 6) is 0. The molecule has 0 unspecified atom stereocenters. The molecule has 0 N–H and O–H groups in total. The third kappa shape index (κ3) is 5.89. The number of carbonyl (C=O) groups is 2. The molecule has 2 aromatic heterocycles. The zero-order chi connectivity index (χ0) is 16.8. The number of rotatable bonds is 3. The Morgan fingerprint density at radius 3 is 1.92 bits per heavy atom. The van der Waals surface area contributed by atoms with Crippen LogP contribution >= 0.6 is 0 Å². The minimum atomic E-state index is -0.413. The summed E-state index contributed by atoms with van der Waals surface area (Å²) in [5.41, 5.74) is 2.65. The lowest BCUT2D eigenvalue weighted by Crippen LogP contribution is -3.00. The SMILES string of the molecule is CCOC(=O)[n+]1ccc(-c2cc[n+](C(=O)OCC)c(C)c2)cc1.[Br-].[Br-]. The van der Waals surface area contributed by atoms with Crippen LogP contribution in [-0.2, 0) is 9.47 Å². The van der Waals surface area contributed by atoms with E-state index in [0.29, 0.717) is 13.2 Å². The molecule has 0 saturated carbocycles. The normalized spacial score (nSPS) is 9.40. The molecule has 0 aliphatic carbocycles. The highest BCUT2D eigenvalue weighted by atomic mass is 79.9. The predicted molar refractivity (Wildman–Crippen MR) is 81.8 cm³/mol. The molecule has 0 aliphatic heterocycles. The molecule has 0 bridgehead atoms. The molecule has 0 atom stereocenters. The fourth-order valence-corrected chi connectivity index (χ4v) is 2.13. The Bertz CT molecular complexity index is 721. The molecule has 0 spiro atoms. The Labute approximate surface area is 167 Å². The van der Waals surface area contributed by atoms with Gasteiger partial charge in [-0.1, -0.05) is 9.13 Å². The summed E-state index contributed by atoms with van der Waals surface area (Å²) in [5, 5.41) is 0. The lowest BCUT2D eigenvalue weighted by Gasteiger charge is -2.02. The number of hydrogen-bond donors (Lipinski definition) is 0. The maximum atomic E-state index is 11.8. The Hall–Kier alpha value is -1.80. The second kappa shape index (κ2) is 10.9. The minimum absolute atomic E-state index is 0. The molecule has 0 radical (unpaired) electrons. The number of aryl methyl sites for hydroxylation is 1. The van der Waals surface area contributed by atoms with E-state index in [4.69, 9.17) is 9.47 Å². The second-order valence-electron chi connectivity index (χ2n) is 4.82. The van der Waals surface area contributed by atoms with Crippen LogP contribution in [0.15, 0.2) is 42.9 Å². The van der Waals surface area contributed by atoms with Gasteiger partial charge in [-0.2, -0.15) is 9.59 Å².